The number of aryl methyl sites for hydroxylation is 1. The summed E-state index contributed by atoms with van der Waals surface area (Å²) in [5.74, 6) is 1.59. The van der Waals surface area contributed by atoms with Gasteiger partial charge in [0.05, 0.1) is 0 Å². The maximum absolute atomic E-state index is 4.60. The van der Waals surface area contributed by atoms with Crippen molar-refractivity contribution in [3.8, 4) is 11.4 Å². The zero-order valence-corrected chi connectivity index (χ0v) is 12.7. The Labute approximate surface area is 121 Å². The van der Waals surface area contributed by atoms with E-state index in [2.05, 4.69) is 50.0 Å². The average Bonchev–Trinajstić information content (AvgIpc) is 2.39. The Balaban J connectivity index is 2.43. The summed E-state index contributed by atoms with van der Waals surface area (Å²) < 4.78 is 0.930. The molecular formula is C14H17BrN4. The minimum Gasteiger partial charge on any atom is -0.370 e. The van der Waals surface area contributed by atoms with Crippen LogP contribution in [0.1, 0.15) is 26.0 Å². The van der Waals surface area contributed by atoms with Gasteiger partial charge in [0.2, 0.25) is 0 Å². The van der Waals surface area contributed by atoms with Crippen LogP contribution in [0.4, 0.5) is 5.82 Å². The number of hydrogen-bond donors (Lipinski definition) is 1. The molecule has 0 aliphatic rings. The van der Waals surface area contributed by atoms with Gasteiger partial charge in [0.1, 0.15) is 5.82 Å². The number of nitrogens with one attached hydrogen (secondary N) is 1. The van der Waals surface area contributed by atoms with Gasteiger partial charge in [-0.2, -0.15) is 0 Å². The first-order chi connectivity index (χ1) is 9.22. The minimum atomic E-state index is 0.718. The summed E-state index contributed by atoms with van der Waals surface area (Å²) in [4.78, 5) is 13.3. The summed E-state index contributed by atoms with van der Waals surface area (Å²) in [6.45, 7) is 5.05. The molecule has 0 saturated heterocycles. The quantitative estimate of drug-likeness (QED) is 0.912. The first-order valence-corrected chi connectivity index (χ1v) is 7.25. The fraction of sp³-hybridized carbons (Fsp3) is 0.357. The predicted octanol–water partition coefficient (Wildman–Crippen LogP) is 3.69. The second-order valence-electron chi connectivity index (χ2n) is 4.24. The topological polar surface area (TPSA) is 50.7 Å². The highest BCUT2D eigenvalue weighted by atomic mass is 79.9. The Hall–Kier alpha value is -1.49. The Morgan fingerprint density at radius 3 is 2.68 bits per heavy atom. The van der Waals surface area contributed by atoms with Gasteiger partial charge < -0.3 is 5.32 Å². The van der Waals surface area contributed by atoms with Crippen LogP contribution in [0.2, 0.25) is 0 Å². The normalized spacial score (nSPS) is 10.5. The minimum absolute atomic E-state index is 0.718. The summed E-state index contributed by atoms with van der Waals surface area (Å²) in [5, 5.41) is 3.25. The average molecular weight is 321 g/mol. The van der Waals surface area contributed by atoms with Crippen molar-refractivity contribution in [2.75, 3.05) is 11.9 Å². The molecule has 1 N–H and O–H groups in total. The van der Waals surface area contributed by atoms with E-state index in [0.29, 0.717) is 0 Å². The zero-order valence-electron chi connectivity index (χ0n) is 11.2. The van der Waals surface area contributed by atoms with Crippen molar-refractivity contribution in [1.82, 2.24) is 15.0 Å². The van der Waals surface area contributed by atoms with E-state index in [1.54, 1.807) is 12.4 Å². The number of hydrogen-bond acceptors (Lipinski definition) is 4. The molecule has 0 bridgehead atoms. The van der Waals surface area contributed by atoms with Crippen LogP contribution in [0.5, 0.6) is 0 Å². The molecule has 2 heterocycles. The van der Waals surface area contributed by atoms with Gasteiger partial charge in [-0.3, -0.25) is 4.98 Å². The van der Waals surface area contributed by atoms with E-state index in [0.717, 1.165) is 46.8 Å². The van der Waals surface area contributed by atoms with E-state index in [1.165, 1.54) is 0 Å². The number of anilines is 1. The van der Waals surface area contributed by atoms with Gasteiger partial charge in [0.25, 0.3) is 0 Å². The highest BCUT2D eigenvalue weighted by Gasteiger charge is 2.07. The molecule has 100 valence electrons. The molecule has 0 unspecified atom stereocenters. The van der Waals surface area contributed by atoms with Gasteiger partial charge in [-0.15, -0.1) is 0 Å². The molecule has 2 rings (SSSR count). The summed E-state index contributed by atoms with van der Waals surface area (Å²) >= 11 is 3.42. The first kappa shape index (κ1) is 13.9. The van der Waals surface area contributed by atoms with E-state index >= 15 is 0 Å². The van der Waals surface area contributed by atoms with Crippen LogP contribution in [0.3, 0.4) is 0 Å². The van der Waals surface area contributed by atoms with Crippen LogP contribution >= 0.6 is 15.9 Å². The van der Waals surface area contributed by atoms with E-state index in [9.17, 15) is 0 Å². The standard InChI is InChI=1S/C14H17BrN4/c1-3-5-12-7-13(17-4-2)19-14(18-12)10-6-11(15)9-16-8-10/h6-9H,3-5H2,1-2H3,(H,17,18,19). The zero-order chi connectivity index (χ0) is 13.7. The summed E-state index contributed by atoms with van der Waals surface area (Å²) in [7, 11) is 0. The van der Waals surface area contributed by atoms with Crippen LogP contribution < -0.4 is 5.32 Å². The molecule has 0 aliphatic carbocycles. The number of pyridine rings is 1. The molecule has 0 atom stereocenters. The molecule has 2 aromatic heterocycles. The number of halogens is 1. The molecule has 0 saturated carbocycles. The summed E-state index contributed by atoms with van der Waals surface area (Å²) in [5.41, 5.74) is 1.98. The second kappa shape index (κ2) is 6.61. The van der Waals surface area contributed by atoms with Crippen molar-refractivity contribution in [1.29, 1.82) is 0 Å². The largest absolute Gasteiger partial charge is 0.370 e. The lowest BCUT2D eigenvalue weighted by atomic mass is 10.2. The third kappa shape index (κ3) is 3.73. The summed E-state index contributed by atoms with van der Waals surface area (Å²) in [6, 6.07) is 4.00. The van der Waals surface area contributed by atoms with Gasteiger partial charge in [-0.05, 0) is 35.3 Å². The van der Waals surface area contributed by atoms with Crippen LogP contribution in [0.25, 0.3) is 11.4 Å². The predicted molar refractivity (Wildman–Crippen MR) is 81.1 cm³/mol. The Kier molecular flexibility index (Phi) is 4.85. The molecule has 0 amide bonds. The molecule has 0 spiro atoms. The lowest BCUT2D eigenvalue weighted by molar-refractivity contribution is 0.874. The Bertz CT molecular complexity index is 533. The SMILES string of the molecule is CCCc1cc(NCC)nc(-c2cncc(Br)c2)n1. The fourth-order valence-corrected chi connectivity index (χ4v) is 2.18. The van der Waals surface area contributed by atoms with Gasteiger partial charge in [-0.25, -0.2) is 9.97 Å². The van der Waals surface area contributed by atoms with Crippen molar-refractivity contribution >= 4 is 21.7 Å². The Morgan fingerprint density at radius 1 is 1.16 bits per heavy atom. The fourth-order valence-electron chi connectivity index (χ4n) is 1.82. The van der Waals surface area contributed by atoms with E-state index in [4.69, 9.17) is 0 Å². The van der Waals surface area contributed by atoms with E-state index in [1.807, 2.05) is 12.1 Å². The molecule has 0 fully saturated rings. The van der Waals surface area contributed by atoms with Gasteiger partial charge in [0.15, 0.2) is 5.82 Å². The second-order valence-corrected chi connectivity index (χ2v) is 5.16. The monoisotopic (exact) mass is 320 g/mol. The molecule has 0 radical (unpaired) electrons. The van der Waals surface area contributed by atoms with Crippen LogP contribution in [-0.4, -0.2) is 21.5 Å². The maximum atomic E-state index is 4.60. The van der Waals surface area contributed by atoms with Crippen molar-refractivity contribution in [2.45, 2.75) is 26.7 Å². The molecule has 0 aromatic carbocycles. The number of aromatic nitrogens is 3. The number of rotatable bonds is 5. The van der Waals surface area contributed by atoms with E-state index in [-0.39, 0.29) is 0 Å². The van der Waals surface area contributed by atoms with Crippen molar-refractivity contribution in [2.24, 2.45) is 0 Å². The van der Waals surface area contributed by atoms with Gasteiger partial charge >= 0.3 is 0 Å². The van der Waals surface area contributed by atoms with Crippen LogP contribution in [0, 0.1) is 0 Å². The molecule has 2 aromatic rings. The van der Waals surface area contributed by atoms with Gasteiger partial charge in [0, 0.05) is 40.7 Å². The third-order valence-corrected chi connectivity index (χ3v) is 3.04. The molecular weight excluding hydrogens is 304 g/mol. The summed E-state index contributed by atoms with van der Waals surface area (Å²) in [6.07, 6.45) is 5.56. The molecule has 0 aliphatic heterocycles. The highest BCUT2D eigenvalue weighted by Crippen LogP contribution is 2.21. The highest BCUT2D eigenvalue weighted by molar-refractivity contribution is 9.10. The lowest BCUT2D eigenvalue weighted by Crippen LogP contribution is -2.04. The third-order valence-electron chi connectivity index (χ3n) is 2.61. The molecule has 19 heavy (non-hydrogen) atoms. The number of nitrogens with zero attached hydrogens (tertiary/aromatic N) is 3. The van der Waals surface area contributed by atoms with Crippen molar-refractivity contribution < 1.29 is 0 Å². The lowest BCUT2D eigenvalue weighted by Gasteiger charge is -2.08. The van der Waals surface area contributed by atoms with Crippen molar-refractivity contribution in [3.63, 3.8) is 0 Å². The van der Waals surface area contributed by atoms with Crippen LogP contribution in [0.15, 0.2) is 29.0 Å². The van der Waals surface area contributed by atoms with Gasteiger partial charge in [-0.1, -0.05) is 13.3 Å². The molecule has 4 nitrogen and oxygen atoms in total. The van der Waals surface area contributed by atoms with Crippen molar-refractivity contribution in [3.05, 3.63) is 34.7 Å². The van der Waals surface area contributed by atoms with Crippen LogP contribution in [-0.2, 0) is 6.42 Å². The Morgan fingerprint density at radius 2 is 2.00 bits per heavy atom. The maximum Gasteiger partial charge on any atom is 0.163 e. The molecule has 5 heteroatoms. The van der Waals surface area contributed by atoms with E-state index < -0.39 is 0 Å². The first-order valence-electron chi connectivity index (χ1n) is 6.45. The smallest absolute Gasteiger partial charge is 0.163 e.